The summed E-state index contributed by atoms with van der Waals surface area (Å²) in [5, 5.41) is 1.23. The van der Waals surface area contributed by atoms with Gasteiger partial charge in [0.1, 0.15) is 0 Å². The molecule has 2 aromatic heterocycles. The van der Waals surface area contributed by atoms with E-state index >= 15 is 0 Å². The van der Waals surface area contributed by atoms with E-state index in [0.29, 0.717) is 13.1 Å². The molecule has 1 aromatic carbocycles. The molecular weight excluding hydrogens is 426 g/mol. The number of pyridine rings is 1. The second kappa shape index (κ2) is 10.6. The highest BCUT2D eigenvalue weighted by Crippen LogP contribution is 2.41. The molecule has 2 heterocycles. The van der Waals surface area contributed by atoms with Crippen LogP contribution in [0.25, 0.3) is 22.2 Å². The van der Waals surface area contributed by atoms with Crippen LogP contribution in [0.2, 0.25) is 0 Å². The Morgan fingerprint density at radius 2 is 1.97 bits per heavy atom. The van der Waals surface area contributed by atoms with E-state index in [9.17, 15) is 4.79 Å². The molecule has 34 heavy (non-hydrogen) atoms. The summed E-state index contributed by atoms with van der Waals surface area (Å²) in [5.74, 6) is 0. The number of aromatic nitrogens is 2. The monoisotopic (exact) mass is 465 g/mol. The first-order chi connectivity index (χ1) is 16.2. The topological polar surface area (TPSA) is 56.6 Å². The molecular formula is C28H39N3O3. The summed E-state index contributed by atoms with van der Waals surface area (Å²) in [7, 11) is 3.84. The minimum absolute atomic E-state index is 0.139. The van der Waals surface area contributed by atoms with Crippen LogP contribution in [0.15, 0.2) is 30.5 Å². The molecule has 184 valence electrons. The number of carbonyl (C=O) groups is 1. The zero-order chi connectivity index (χ0) is 25.0. The van der Waals surface area contributed by atoms with E-state index in [-0.39, 0.29) is 11.5 Å². The Kier molecular flexibility index (Phi) is 8.03. The minimum Gasteiger partial charge on any atom is -0.467 e. The van der Waals surface area contributed by atoms with E-state index in [0.717, 1.165) is 36.3 Å². The smallest absolute Gasteiger partial charge is 0.293 e. The van der Waals surface area contributed by atoms with E-state index in [2.05, 4.69) is 75.4 Å². The van der Waals surface area contributed by atoms with Crippen molar-refractivity contribution in [1.29, 1.82) is 0 Å². The Labute approximate surface area is 203 Å². The average molecular weight is 466 g/mol. The zero-order valence-electron chi connectivity index (χ0n) is 21.9. The van der Waals surface area contributed by atoms with Crippen LogP contribution in [0.3, 0.4) is 0 Å². The lowest BCUT2D eigenvalue weighted by Crippen LogP contribution is -2.22. The quantitative estimate of drug-likeness (QED) is 0.328. The number of fused-ring (bicyclic) bond motifs is 1. The molecule has 1 atom stereocenters. The molecule has 0 aliphatic carbocycles. The number of nitrogens with zero attached hydrogens (tertiary/aromatic N) is 3. The van der Waals surface area contributed by atoms with Gasteiger partial charge in [0.15, 0.2) is 0 Å². The van der Waals surface area contributed by atoms with Gasteiger partial charge >= 0.3 is 0 Å². The Balaban J connectivity index is 2.39. The normalized spacial score (nSPS) is 12.7. The second-order valence-electron chi connectivity index (χ2n) is 9.86. The average Bonchev–Trinajstić information content (AvgIpc) is 3.13. The summed E-state index contributed by atoms with van der Waals surface area (Å²) in [6.45, 7) is 15.4. The van der Waals surface area contributed by atoms with E-state index in [1.54, 1.807) is 7.11 Å². The Bertz CT molecular complexity index is 1150. The zero-order valence-corrected chi connectivity index (χ0v) is 21.9. The van der Waals surface area contributed by atoms with Crippen molar-refractivity contribution in [3.05, 3.63) is 47.3 Å². The SMILES string of the molecule is CCN(C)c1ccc2c(c1)c(CC(C)(C)COC=O)c(-c1cc(C)cnc1C(C)OC)n2CC. The lowest BCUT2D eigenvalue weighted by molar-refractivity contribution is -0.131. The van der Waals surface area contributed by atoms with Gasteiger partial charge in [0.05, 0.1) is 24.1 Å². The standard InChI is InChI=1S/C28H39N3O3/c1-9-30(7)21-11-12-25-22(14-21)24(15-28(5,6)17-34-18-32)27(31(25)10-2)23-13-19(3)16-29-26(23)20(4)33-8/h11-14,16,18,20H,9-10,15,17H2,1-8H3. The lowest BCUT2D eigenvalue weighted by Gasteiger charge is -2.25. The van der Waals surface area contributed by atoms with Crippen molar-refractivity contribution in [2.45, 2.75) is 60.6 Å². The van der Waals surface area contributed by atoms with E-state index < -0.39 is 0 Å². The molecule has 0 amide bonds. The molecule has 3 aromatic rings. The summed E-state index contributed by atoms with van der Waals surface area (Å²) < 4.78 is 13.3. The highest BCUT2D eigenvalue weighted by atomic mass is 16.5. The number of aryl methyl sites for hydroxylation is 2. The second-order valence-corrected chi connectivity index (χ2v) is 9.86. The molecule has 0 saturated heterocycles. The molecule has 0 N–H and O–H groups in total. The van der Waals surface area contributed by atoms with Gasteiger partial charge in [-0.25, -0.2) is 0 Å². The van der Waals surface area contributed by atoms with Crippen molar-refractivity contribution >= 4 is 23.1 Å². The number of ether oxygens (including phenoxy) is 2. The first kappa shape index (κ1) is 25.8. The van der Waals surface area contributed by atoms with Crippen LogP contribution >= 0.6 is 0 Å². The van der Waals surface area contributed by atoms with Gasteiger partial charge in [-0.05, 0) is 69.5 Å². The van der Waals surface area contributed by atoms with E-state index in [4.69, 9.17) is 14.5 Å². The van der Waals surface area contributed by atoms with Gasteiger partial charge in [-0.2, -0.15) is 0 Å². The van der Waals surface area contributed by atoms with Crippen molar-refractivity contribution in [1.82, 2.24) is 9.55 Å². The maximum absolute atomic E-state index is 10.9. The summed E-state index contributed by atoms with van der Waals surface area (Å²) in [5.41, 5.74) is 7.70. The summed E-state index contributed by atoms with van der Waals surface area (Å²) >= 11 is 0. The predicted molar refractivity (Wildman–Crippen MR) is 139 cm³/mol. The fourth-order valence-corrected chi connectivity index (χ4v) is 4.64. The number of carbonyl (C=O) groups excluding carboxylic acids is 1. The number of anilines is 1. The van der Waals surface area contributed by atoms with Gasteiger partial charge in [-0.15, -0.1) is 0 Å². The molecule has 0 bridgehead atoms. The lowest BCUT2D eigenvalue weighted by atomic mass is 9.84. The van der Waals surface area contributed by atoms with Crippen LogP contribution in [-0.4, -0.2) is 43.3 Å². The molecule has 0 radical (unpaired) electrons. The van der Waals surface area contributed by atoms with Crippen LogP contribution in [0, 0.1) is 12.3 Å². The molecule has 1 unspecified atom stereocenters. The third kappa shape index (κ3) is 5.12. The number of rotatable bonds is 11. The first-order valence-electron chi connectivity index (χ1n) is 12.1. The van der Waals surface area contributed by atoms with Crippen LogP contribution in [0.1, 0.15) is 57.5 Å². The van der Waals surface area contributed by atoms with Crippen LogP contribution in [0.5, 0.6) is 0 Å². The number of hydrogen-bond acceptors (Lipinski definition) is 5. The number of hydrogen-bond donors (Lipinski definition) is 0. The first-order valence-corrected chi connectivity index (χ1v) is 12.1. The van der Waals surface area contributed by atoms with E-state index in [1.807, 2.05) is 13.1 Å². The number of benzene rings is 1. The van der Waals surface area contributed by atoms with Crippen LogP contribution < -0.4 is 4.90 Å². The molecule has 6 nitrogen and oxygen atoms in total. The third-order valence-corrected chi connectivity index (χ3v) is 6.63. The number of methoxy groups -OCH3 is 1. The third-order valence-electron chi connectivity index (χ3n) is 6.63. The van der Waals surface area contributed by atoms with E-state index in [1.165, 1.54) is 27.8 Å². The Morgan fingerprint density at radius 3 is 2.59 bits per heavy atom. The highest BCUT2D eigenvalue weighted by Gasteiger charge is 2.28. The van der Waals surface area contributed by atoms with Crippen molar-refractivity contribution in [2.75, 3.05) is 32.2 Å². The van der Waals surface area contributed by atoms with Gasteiger partial charge in [0.2, 0.25) is 0 Å². The minimum atomic E-state index is -0.237. The van der Waals surface area contributed by atoms with Crippen molar-refractivity contribution < 1.29 is 14.3 Å². The molecule has 0 aliphatic rings. The fraction of sp³-hybridized carbons (Fsp3) is 0.500. The fourth-order valence-electron chi connectivity index (χ4n) is 4.64. The summed E-state index contributed by atoms with van der Waals surface area (Å²) in [4.78, 5) is 18.0. The van der Waals surface area contributed by atoms with Crippen LogP contribution in [-0.2, 0) is 27.2 Å². The van der Waals surface area contributed by atoms with Gasteiger partial charge in [0.25, 0.3) is 6.47 Å². The van der Waals surface area contributed by atoms with Gasteiger partial charge in [0, 0.05) is 61.0 Å². The molecule has 0 aliphatic heterocycles. The molecule has 0 fully saturated rings. The van der Waals surface area contributed by atoms with Gasteiger partial charge < -0.3 is 18.9 Å². The molecule has 6 heteroatoms. The van der Waals surface area contributed by atoms with Gasteiger partial charge in [-0.3, -0.25) is 9.78 Å². The van der Waals surface area contributed by atoms with Crippen molar-refractivity contribution in [3.63, 3.8) is 0 Å². The van der Waals surface area contributed by atoms with Gasteiger partial charge in [-0.1, -0.05) is 13.8 Å². The molecule has 0 saturated carbocycles. The highest BCUT2D eigenvalue weighted by molar-refractivity contribution is 5.94. The molecule has 3 rings (SSSR count). The Morgan fingerprint density at radius 1 is 1.24 bits per heavy atom. The Hall–Kier alpha value is -2.86. The predicted octanol–water partition coefficient (Wildman–Crippen LogP) is 5.94. The van der Waals surface area contributed by atoms with Crippen molar-refractivity contribution in [3.8, 4) is 11.3 Å². The van der Waals surface area contributed by atoms with Crippen LogP contribution in [0.4, 0.5) is 5.69 Å². The van der Waals surface area contributed by atoms with Crippen molar-refractivity contribution in [2.24, 2.45) is 5.41 Å². The summed E-state index contributed by atoms with van der Waals surface area (Å²) in [6, 6.07) is 8.93. The summed E-state index contributed by atoms with van der Waals surface area (Å²) in [6.07, 6.45) is 2.52. The maximum Gasteiger partial charge on any atom is 0.293 e. The maximum atomic E-state index is 10.9. The largest absolute Gasteiger partial charge is 0.467 e. The molecule has 0 spiro atoms.